The quantitative estimate of drug-likeness (QED) is 0.913. The Morgan fingerprint density at radius 2 is 2.05 bits per heavy atom. The number of benzene rings is 1. The van der Waals surface area contributed by atoms with Crippen LogP contribution in [-0.4, -0.2) is 17.6 Å². The second-order valence-electron chi connectivity index (χ2n) is 4.16. The lowest BCUT2D eigenvalue weighted by Gasteiger charge is -2.23. The monoisotopic (exact) mass is 297 g/mol. The third kappa shape index (κ3) is 2.80. The number of carboxylic acids is 1. The molecule has 0 radical (unpaired) electrons. The van der Waals surface area contributed by atoms with Gasteiger partial charge in [0.1, 0.15) is 0 Å². The molecular weight excluding hydrogens is 284 g/mol. The molecule has 0 aliphatic heterocycles. The Morgan fingerprint density at radius 1 is 1.30 bits per heavy atom. The van der Waals surface area contributed by atoms with Gasteiger partial charge in [0.05, 0.1) is 17.8 Å². The van der Waals surface area contributed by atoms with E-state index in [1.807, 2.05) is 24.4 Å². The maximum absolute atomic E-state index is 14.0. The number of nitrogens with zero attached hydrogens (tertiary/aromatic N) is 1. The van der Waals surface area contributed by atoms with Gasteiger partial charge in [-0.05, 0) is 30.5 Å². The molecule has 0 saturated carbocycles. The average molecular weight is 297 g/mol. The summed E-state index contributed by atoms with van der Waals surface area (Å²) in [6.07, 6.45) is 0. The Hall–Kier alpha value is -1.95. The zero-order valence-electron chi connectivity index (χ0n) is 10.8. The van der Waals surface area contributed by atoms with Crippen LogP contribution in [-0.2, 0) is 6.54 Å². The van der Waals surface area contributed by atoms with E-state index in [2.05, 4.69) is 0 Å². The smallest absolute Gasteiger partial charge is 0.338 e. The van der Waals surface area contributed by atoms with E-state index in [-0.39, 0.29) is 5.69 Å². The minimum atomic E-state index is -1.48. The molecule has 3 nitrogen and oxygen atoms in total. The number of aromatic carboxylic acids is 1. The van der Waals surface area contributed by atoms with E-state index >= 15 is 0 Å². The van der Waals surface area contributed by atoms with Gasteiger partial charge >= 0.3 is 5.97 Å². The lowest BCUT2D eigenvalue weighted by Crippen LogP contribution is -2.23. The van der Waals surface area contributed by atoms with Crippen molar-refractivity contribution in [3.8, 4) is 0 Å². The highest BCUT2D eigenvalue weighted by Gasteiger charge is 2.20. The summed E-state index contributed by atoms with van der Waals surface area (Å²) in [6, 6.07) is 6.19. The zero-order chi connectivity index (χ0) is 14.7. The van der Waals surface area contributed by atoms with Crippen LogP contribution >= 0.6 is 11.3 Å². The Labute approximate surface area is 119 Å². The fraction of sp³-hybridized carbons (Fsp3) is 0.214. The Kier molecular flexibility index (Phi) is 4.34. The Morgan fingerprint density at radius 3 is 2.60 bits per heavy atom. The molecule has 1 aromatic carbocycles. The van der Waals surface area contributed by atoms with Crippen molar-refractivity contribution in [1.82, 2.24) is 0 Å². The molecule has 0 saturated heterocycles. The van der Waals surface area contributed by atoms with Gasteiger partial charge in [-0.2, -0.15) is 0 Å². The molecule has 0 atom stereocenters. The highest BCUT2D eigenvalue weighted by molar-refractivity contribution is 7.09. The molecule has 0 amide bonds. The first-order valence-corrected chi connectivity index (χ1v) is 6.91. The molecule has 0 aliphatic rings. The second kappa shape index (κ2) is 6.00. The van der Waals surface area contributed by atoms with Gasteiger partial charge in [0.2, 0.25) is 0 Å². The van der Waals surface area contributed by atoms with Gasteiger partial charge in [-0.15, -0.1) is 11.3 Å². The molecule has 20 heavy (non-hydrogen) atoms. The molecule has 1 N–H and O–H groups in total. The van der Waals surface area contributed by atoms with E-state index in [0.29, 0.717) is 13.1 Å². The summed E-state index contributed by atoms with van der Waals surface area (Å²) in [6.45, 7) is 2.77. The van der Waals surface area contributed by atoms with E-state index in [1.54, 1.807) is 4.90 Å². The largest absolute Gasteiger partial charge is 0.478 e. The first-order valence-electron chi connectivity index (χ1n) is 6.03. The van der Waals surface area contributed by atoms with Crippen LogP contribution < -0.4 is 4.90 Å². The van der Waals surface area contributed by atoms with Gasteiger partial charge < -0.3 is 10.0 Å². The SMILES string of the molecule is CCN(Cc1cccs1)c1ccc(C(=O)O)c(F)c1F. The Bertz CT molecular complexity index is 614. The van der Waals surface area contributed by atoms with Gasteiger partial charge in [0, 0.05) is 11.4 Å². The number of hydrogen-bond acceptors (Lipinski definition) is 3. The number of carboxylic acid groups (broad SMARTS) is 1. The third-order valence-electron chi connectivity index (χ3n) is 2.94. The highest BCUT2D eigenvalue weighted by Crippen LogP contribution is 2.26. The van der Waals surface area contributed by atoms with Crippen molar-refractivity contribution in [2.75, 3.05) is 11.4 Å². The first-order chi connectivity index (χ1) is 9.54. The van der Waals surface area contributed by atoms with E-state index in [9.17, 15) is 13.6 Å². The van der Waals surface area contributed by atoms with Gasteiger partial charge in [-0.1, -0.05) is 6.07 Å². The van der Waals surface area contributed by atoms with Crippen molar-refractivity contribution < 1.29 is 18.7 Å². The average Bonchev–Trinajstić information content (AvgIpc) is 2.92. The van der Waals surface area contributed by atoms with Crippen molar-refractivity contribution in [3.05, 3.63) is 51.7 Å². The summed E-state index contributed by atoms with van der Waals surface area (Å²) in [4.78, 5) is 13.4. The maximum atomic E-state index is 14.0. The minimum Gasteiger partial charge on any atom is -0.478 e. The molecule has 0 unspecified atom stereocenters. The summed E-state index contributed by atoms with van der Waals surface area (Å²) in [5, 5.41) is 10.7. The maximum Gasteiger partial charge on any atom is 0.338 e. The molecule has 6 heteroatoms. The van der Waals surface area contributed by atoms with Crippen molar-refractivity contribution in [1.29, 1.82) is 0 Å². The third-order valence-corrected chi connectivity index (χ3v) is 3.80. The molecule has 2 aromatic rings. The number of anilines is 1. The lowest BCUT2D eigenvalue weighted by atomic mass is 10.1. The van der Waals surface area contributed by atoms with Gasteiger partial charge in [-0.3, -0.25) is 0 Å². The fourth-order valence-electron chi connectivity index (χ4n) is 1.91. The Balaban J connectivity index is 2.35. The van der Waals surface area contributed by atoms with Crippen LogP contribution in [0.5, 0.6) is 0 Å². The van der Waals surface area contributed by atoms with Gasteiger partial charge in [0.15, 0.2) is 11.6 Å². The van der Waals surface area contributed by atoms with E-state index in [4.69, 9.17) is 5.11 Å². The van der Waals surface area contributed by atoms with Crippen LogP contribution in [0.3, 0.4) is 0 Å². The molecule has 1 aromatic heterocycles. The summed E-state index contributed by atoms with van der Waals surface area (Å²) < 4.78 is 27.7. The normalized spacial score (nSPS) is 10.6. The molecule has 0 aliphatic carbocycles. The van der Waals surface area contributed by atoms with Gasteiger partial charge in [0.25, 0.3) is 0 Å². The molecule has 2 rings (SSSR count). The first kappa shape index (κ1) is 14.5. The number of thiophene rings is 1. The van der Waals surface area contributed by atoms with Crippen molar-refractivity contribution in [2.24, 2.45) is 0 Å². The summed E-state index contributed by atoms with van der Waals surface area (Å²) in [5.41, 5.74) is -0.582. The van der Waals surface area contributed by atoms with Crippen LogP contribution in [0.2, 0.25) is 0 Å². The zero-order valence-corrected chi connectivity index (χ0v) is 11.6. The molecule has 0 bridgehead atoms. The number of carbonyl (C=O) groups is 1. The lowest BCUT2D eigenvalue weighted by molar-refractivity contribution is 0.0690. The molecule has 0 spiro atoms. The second-order valence-corrected chi connectivity index (χ2v) is 5.19. The summed E-state index contributed by atoms with van der Waals surface area (Å²) >= 11 is 1.53. The standard InChI is InChI=1S/C14H13F2NO2S/c1-2-17(8-9-4-3-7-20-9)11-6-5-10(14(18)19)12(15)13(11)16/h3-7H,2,8H2,1H3,(H,18,19). The van der Waals surface area contributed by atoms with Crippen LogP contribution in [0, 0.1) is 11.6 Å². The molecule has 106 valence electrons. The fourth-order valence-corrected chi connectivity index (χ4v) is 2.63. The number of halogens is 2. The van der Waals surface area contributed by atoms with Crippen LogP contribution in [0.4, 0.5) is 14.5 Å². The van der Waals surface area contributed by atoms with Crippen molar-refractivity contribution >= 4 is 23.0 Å². The predicted octanol–water partition coefficient (Wildman–Crippen LogP) is 3.75. The highest BCUT2D eigenvalue weighted by atomic mass is 32.1. The number of hydrogen-bond donors (Lipinski definition) is 1. The summed E-state index contributed by atoms with van der Waals surface area (Å²) in [7, 11) is 0. The van der Waals surface area contributed by atoms with E-state index in [0.717, 1.165) is 10.9 Å². The van der Waals surface area contributed by atoms with Gasteiger partial charge in [-0.25, -0.2) is 13.6 Å². The van der Waals surface area contributed by atoms with E-state index in [1.165, 1.54) is 17.4 Å². The molecule has 1 heterocycles. The number of rotatable bonds is 5. The summed E-state index contributed by atoms with van der Waals surface area (Å²) in [5.74, 6) is -3.92. The van der Waals surface area contributed by atoms with Crippen molar-refractivity contribution in [2.45, 2.75) is 13.5 Å². The minimum absolute atomic E-state index is 0.0726. The van der Waals surface area contributed by atoms with Crippen LogP contribution in [0.25, 0.3) is 0 Å². The molecular formula is C14H13F2NO2S. The topological polar surface area (TPSA) is 40.5 Å². The van der Waals surface area contributed by atoms with Crippen LogP contribution in [0.15, 0.2) is 29.6 Å². The predicted molar refractivity (Wildman–Crippen MR) is 74.4 cm³/mol. The van der Waals surface area contributed by atoms with Crippen LogP contribution in [0.1, 0.15) is 22.2 Å². The van der Waals surface area contributed by atoms with Crippen molar-refractivity contribution in [3.63, 3.8) is 0 Å². The van der Waals surface area contributed by atoms with E-state index < -0.39 is 23.2 Å². The molecule has 0 fully saturated rings.